The van der Waals surface area contributed by atoms with Crippen LogP contribution in [0.1, 0.15) is 63.5 Å². The molecule has 2 N–H and O–H groups in total. The number of benzene rings is 1. The second-order valence-electron chi connectivity index (χ2n) is 5.64. The summed E-state index contributed by atoms with van der Waals surface area (Å²) in [6.45, 7) is 2.73. The highest BCUT2D eigenvalue weighted by atomic mass is 16.5. The van der Waals surface area contributed by atoms with Gasteiger partial charge in [-0.3, -0.25) is 0 Å². The molecular weight excluding hydrogens is 234 g/mol. The molecule has 2 rings (SSSR count). The predicted octanol–water partition coefficient (Wildman–Crippen LogP) is 4.45. The lowest BCUT2D eigenvalue weighted by atomic mass is 9.83. The van der Waals surface area contributed by atoms with Crippen molar-refractivity contribution in [2.24, 2.45) is 11.7 Å². The van der Waals surface area contributed by atoms with Crippen molar-refractivity contribution in [3.05, 3.63) is 29.8 Å². The van der Waals surface area contributed by atoms with Gasteiger partial charge in [0.2, 0.25) is 0 Å². The molecule has 0 aromatic heterocycles. The van der Waals surface area contributed by atoms with Crippen molar-refractivity contribution in [3.63, 3.8) is 0 Å². The molecule has 0 spiro atoms. The third-order valence-electron chi connectivity index (χ3n) is 4.21. The molecule has 1 aliphatic carbocycles. The van der Waals surface area contributed by atoms with Crippen molar-refractivity contribution in [1.29, 1.82) is 0 Å². The molecule has 0 heterocycles. The molecule has 1 fully saturated rings. The fourth-order valence-corrected chi connectivity index (χ4v) is 3.10. The van der Waals surface area contributed by atoms with Gasteiger partial charge < -0.3 is 10.5 Å². The molecule has 0 aliphatic heterocycles. The normalized spacial score (nSPS) is 19.5. The Labute approximate surface area is 117 Å². The second kappa shape index (κ2) is 7.54. The van der Waals surface area contributed by atoms with Gasteiger partial charge in [-0.1, -0.05) is 44.2 Å². The maximum absolute atomic E-state index is 6.50. The summed E-state index contributed by atoms with van der Waals surface area (Å²) in [5, 5.41) is 0. The third kappa shape index (κ3) is 4.24. The van der Waals surface area contributed by atoms with Crippen LogP contribution in [0.4, 0.5) is 0 Å². The van der Waals surface area contributed by atoms with E-state index < -0.39 is 0 Å². The third-order valence-corrected chi connectivity index (χ3v) is 4.21. The summed E-state index contributed by atoms with van der Waals surface area (Å²) in [5.74, 6) is 1.58. The van der Waals surface area contributed by atoms with Crippen molar-refractivity contribution < 1.29 is 4.74 Å². The SMILES string of the molecule is CCOc1cccc(C(N)C2CCCCCCC2)c1. The molecule has 0 saturated heterocycles. The maximum Gasteiger partial charge on any atom is 0.119 e. The van der Waals surface area contributed by atoms with Gasteiger partial charge in [0.05, 0.1) is 6.61 Å². The van der Waals surface area contributed by atoms with E-state index in [-0.39, 0.29) is 6.04 Å². The summed E-state index contributed by atoms with van der Waals surface area (Å²) < 4.78 is 5.57. The van der Waals surface area contributed by atoms with Crippen molar-refractivity contribution in [1.82, 2.24) is 0 Å². The Kier molecular flexibility index (Phi) is 5.71. The van der Waals surface area contributed by atoms with E-state index in [0.717, 1.165) is 5.75 Å². The van der Waals surface area contributed by atoms with Crippen molar-refractivity contribution in [2.45, 2.75) is 57.9 Å². The Hall–Kier alpha value is -1.02. The van der Waals surface area contributed by atoms with E-state index in [1.807, 2.05) is 13.0 Å². The zero-order valence-electron chi connectivity index (χ0n) is 12.1. The molecule has 1 atom stereocenters. The minimum absolute atomic E-state index is 0.165. The van der Waals surface area contributed by atoms with Crippen LogP contribution < -0.4 is 10.5 Å². The smallest absolute Gasteiger partial charge is 0.119 e. The van der Waals surface area contributed by atoms with E-state index in [2.05, 4.69) is 18.2 Å². The maximum atomic E-state index is 6.50. The molecule has 1 aromatic rings. The Morgan fingerprint density at radius 1 is 1.16 bits per heavy atom. The second-order valence-corrected chi connectivity index (χ2v) is 5.64. The number of ether oxygens (including phenoxy) is 1. The molecule has 1 saturated carbocycles. The van der Waals surface area contributed by atoms with Gasteiger partial charge in [0, 0.05) is 6.04 Å². The predicted molar refractivity (Wildman–Crippen MR) is 80.3 cm³/mol. The first kappa shape index (κ1) is 14.4. The van der Waals surface area contributed by atoms with E-state index in [1.165, 1.54) is 50.5 Å². The topological polar surface area (TPSA) is 35.2 Å². The molecular formula is C17H27NO. The van der Waals surface area contributed by atoms with Gasteiger partial charge in [0.1, 0.15) is 5.75 Å². The lowest BCUT2D eigenvalue weighted by Crippen LogP contribution is -2.22. The van der Waals surface area contributed by atoms with Gasteiger partial charge in [-0.2, -0.15) is 0 Å². The Morgan fingerprint density at radius 3 is 2.53 bits per heavy atom. The van der Waals surface area contributed by atoms with Gasteiger partial charge in [0.15, 0.2) is 0 Å². The number of hydrogen-bond acceptors (Lipinski definition) is 2. The molecule has 1 aromatic carbocycles. The largest absolute Gasteiger partial charge is 0.494 e. The average molecular weight is 261 g/mol. The van der Waals surface area contributed by atoms with Gasteiger partial charge in [-0.15, -0.1) is 0 Å². The standard InChI is InChI=1S/C17H27NO/c1-2-19-16-12-8-11-15(13-16)17(18)14-9-6-4-3-5-7-10-14/h8,11-14,17H,2-7,9-10,18H2,1H3. The van der Waals surface area contributed by atoms with Crippen LogP contribution in [0.25, 0.3) is 0 Å². The van der Waals surface area contributed by atoms with Crippen LogP contribution in [-0.4, -0.2) is 6.61 Å². The molecule has 19 heavy (non-hydrogen) atoms. The van der Waals surface area contributed by atoms with E-state index in [4.69, 9.17) is 10.5 Å². The van der Waals surface area contributed by atoms with E-state index in [0.29, 0.717) is 12.5 Å². The summed E-state index contributed by atoms with van der Waals surface area (Å²) >= 11 is 0. The fourth-order valence-electron chi connectivity index (χ4n) is 3.10. The molecule has 0 bridgehead atoms. The first-order valence-electron chi connectivity index (χ1n) is 7.79. The summed E-state index contributed by atoms with van der Waals surface area (Å²) in [5.41, 5.74) is 7.73. The van der Waals surface area contributed by atoms with Crippen LogP contribution in [-0.2, 0) is 0 Å². The summed E-state index contributed by atoms with van der Waals surface area (Å²) in [6.07, 6.45) is 9.39. The highest BCUT2D eigenvalue weighted by molar-refractivity contribution is 5.30. The van der Waals surface area contributed by atoms with Crippen molar-refractivity contribution in [3.8, 4) is 5.75 Å². The summed E-state index contributed by atoms with van der Waals surface area (Å²) in [7, 11) is 0. The van der Waals surface area contributed by atoms with Crippen molar-refractivity contribution in [2.75, 3.05) is 6.61 Å². The van der Waals surface area contributed by atoms with Crippen molar-refractivity contribution >= 4 is 0 Å². The minimum atomic E-state index is 0.165. The van der Waals surface area contributed by atoms with E-state index in [9.17, 15) is 0 Å². The van der Waals surface area contributed by atoms with Gasteiger partial charge in [0.25, 0.3) is 0 Å². The summed E-state index contributed by atoms with van der Waals surface area (Å²) in [6, 6.07) is 8.50. The average Bonchev–Trinajstić information content (AvgIpc) is 2.38. The number of rotatable bonds is 4. The van der Waals surface area contributed by atoms with E-state index in [1.54, 1.807) is 0 Å². The molecule has 1 aliphatic rings. The monoisotopic (exact) mass is 261 g/mol. The molecule has 106 valence electrons. The van der Waals surface area contributed by atoms with Crippen LogP contribution in [0.2, 0.25) is 0 Å². The van der Waals surface area contributed by atoms with Gasteiger partial charge in [-0.25, -0.2) is 0 Å². The zero-order chi connectivity index (χ0) is 13.5. The first-order chi connectivity index (χ1) is 9.31. The quantitative estimate of drug-likeness (QED) is 0.869. The van der Waals surface area contributed by atoms with Crippen LogP contribution in [0.3, 0.4) is 0 Å². The zero-order valence-corrected chi connectivity index (χ0v) is 12.1. The molecule has 1 unspecified atom stereocenters. The Morgan fingerprint density at radius 2 is 1.84 bits per heavy atom. The Balaban J connectivity index is 2.03. The minimum Gasteiger partial charge on any atom is -0.494 e. The first-order valence-corrected chi connectivity index (χ1v) is 7.79. The van der Waals surface area contributed by atoms with E-state index >= 15 is 0 Å². The van der Waals surface area contributed by atoms with Crippen LogP contribution >= 0.6 is 0 Å². The van der Waals surface area contributed by atoms with Crippen LogP contribution in [0.15, 0.2) is 24.3 Å². The highest BCUT2D eigenvalue weighted by Gasteiger charge is 2.20. The molecule has 0 radical (unpaired) electrons. The number of hydrogen-bond donors (Lipinski definition) is 1. The fraction of sp³-hybridized carbons (Fsp3) is 0.647. The number of nitrogens with two attached hydrogens (primary N) is 1. The Bertz CT molecular complexity index is 369. The molecule has 0 amide bonds. The highest BCUT2D eigenvalue weighted by Crippen LogP contribution is 2.32. The summed E-state index contributed by atoms with van der Waals surface area (Å²) in [4.78, 5) is 0. The van der Waals surface area contributed by atoms with Gasteiger partial charge in [-0.05, 0) is 43.4 Å². The van der Waals surface area contributed by atoms with Crippen LogP contribution in [0.5, 0.6) is 5.75 Å². The lowest BCUT2D eigenvalue weighted by Gasteiger charge is -2.26. The molecule has 2 heteroatoms. The van der Waals surface area contributed by atoms with Gasteiger partial charge >= 0.3 is 0 Å². The molecule has 2 nitrogen and oxygen atoms in total. The van der Waals surface area contributed by atoms with Crippen LogP contribution in [0, 0.1) is 5.92 Å². The lowest BCUT2D eigenvalue weighted by molar-refractivity contribution is 0.323.